The predicted octanol–water partition coefficient (Wildman–Crippen LogP) is 5.64. The molecule has 0 aliphatic rings. The molecular weight excluding hydrogens is 406 g/mol. The lowest BCUT2D eigenvalue weighted by Gasteiger charge is -2.31. The Kier molecular flexibility index (Phi) is 7.44. The number of anilines is 2. The number of benzene rings is 3. The highest BCUT2D eigenvalue weighted by Crippen LogP contribution is 2.36. The largest absolute Gasteiger partial charge is 0.497 e. The smallest absolute Gasteiger partial charge is 0.276 e. The van der Waals surface area contributed by atoms with E-state index >= 15 is 0 Å². The molecule has 0 heterocycles. The van der Waals surface area contributed by atoms with Gasteiger partial charge >= 0.3 is 0 Å². The minimum atomic E-state index is -0.832. The molecule has 1 N–H and O–H groups in total. The summed E-state index contributed by atoms with van der Waals surface area (Å²) in [5.74, 6) is 0.464. The Morgan fingerprint density at radius 1 is 1.12 bits per heavy atom. The lowest BCUT2D eigenvalue weighted by Crippen LogP contribution is -2.33. The van der Waals surface area contributed by atoms with E-state index in [1.54, 1.807) is 6.07 Å². The zero-order valence-electron chi connectivity index (χ0n) is 18.4. The number of amides is 1. The van der Waals surface area contributed by atoms with Gasteiger partial charge in [0.05, 0.1) is 17.6 Å². The first-order chi connectivity index (χ1) is 15.5. The molecule has 3 aromatic carbocycles. The molecule has 1 unspecified atom stereocenters. The highest BCUT2D eigenvalue weighted by atomic mass is 16.6. The van der Waals surface area contributed by atoms with Gasteiger partial charge in [0.2, 0.25) is 6.41 Å². The summed E-state index contributed by atoms with van der Waals surface area (Å²) in [6.07, 6.45) is 1.81. The van der Waals surface area contributed by atoms with Gasteiger partial charge in [-0.05, 0) is 54.8 Å². The molecule has 32 heavy (non-hydrogen) atoms. The van der Waals surface area contributed by atoms with Gasteiger partial charge in [0.25, 0.3) is 5.69 Å². The fourth-order valence-corrected chi connectivity index (χ4v) is 3.62. The third-order valence-corrected chi connectivity index (χ3v) is 5.33. The van der Waals surface area contributed by atoms with Crippen LogP contribution in [0.15, 0.2) is 66.7 Å². The highest BCUT2D eigenvalue weighted by Gasteiger charge is 2.29. The van der Waals surface area contributed by atoms with Gasteiger partial charge < -0.3 is 10.1 Å². The zero-order chi connectivity index (χ0) is 23.1. The summed E-state index contributed by atoms with van der Waals surface area (Å²) in [7, 11) is 1.50. The molecule has 0 aromatic heterocycles. The molecule has 0 spiro atoms. The summed E-state index contributed by atoms with van der Waals surface area (Å²) in [5, 5.41) is 15.2. The van der Waals surface area contributed by atoms with Crippen molar-refractivity contribution in [2.24, 2.45) is 0 Å². The van der Waals surface area contributed by atoms with Crippen LogP contribution in [0.1, 0.15) is 36.2 Å². The van der Waals surface area contributed by atoms with Gasteiger partial charge in [-0.2, -0.15) is 0 Å². The van der Waals surface area contributed by atoms with E-state index < -0.39 is 11.1 Å². The third kappa shape index (κ3) is 5.06. The molecule has 0 saturated carbocycles. The molecule has 0 bridgehead atoms. The normalized spacial score (nSPS) is 11.5. The number of hydrogen-bond acceptors (Lipinski definition) is 5. The Balaban J connectivity index is 2.15. The molecular formula is C25H27N3O4. The summed E-state index contributed by atoms with van der Waals surface area (Å²) < 4.78 is 5.32. The van der Waals surface area contributed by atoms with Crippen LogP contribution in [0.3, 0.4) is 0 Å². The van der Waals surface area contributed by atoms with Crippen molar-refractivity contribution in [3.63, 3.8) is 0 Å². The number of nitro benzene ring substituents is 1. The van der Waals surface area contributed by atoms with E-state index in [1.807, 2.05) is 55.5 Å². The number of ether oxygens (including phenoxy) is 1. The van der Waals surface area contributed by atoms with E-state index in [9.17, 15) is 14.9 Å². The van der Waals surface area contributed by atoms with Gasteiger partial charge in [0.1, 0.15) is 11.9 Å². The first-order valence-corrected chi connectivity index (χ1v) is 10.5. The van der Waals surface area contributed by atoms with E-state index in [2.05, 4.69) is 12.2 Å². The van der Waals surface area contributed by atoms with Crippen LogP contribution in [0.5, 0.6) is 5.75 Å². The summed E-state index contributed by atoms with van der Waals surface area (Å²) in [4.78, 5) is 25.2. The number of carbonyl (C=O) groups excluding carboxylic acids is 1. The van der Waals surface area contributed by atoms with Gasteiger partial charge in [0, 0.05) is 17.4 Å². The molecule has 7 nitrogen and oxygen atoms in total. The maximum absolute atomic E-state index is 12.3. The monoisotopic (exact) mass is 433 g/mol. The van der Waals surface area contributed by atoms with E-state index in [0.717, 1.165) is 29.7 Å². The number of nitrogens with zero attached hydrogens (tertiary/aromatic N) is 2. The van der Waals surface area contributed by atoms with Gasteiger partial charge in [0.15, 0.2) is 0 Å². The van der Waals surface area contributed by atoms with Crippen LogP contribution in [-0.4, -0.2) is 18.4 Å². The van der Waals surface area contributed by atoms with Crippen molar-refractivity contribution in [3.8, 4) is 5.75 Å². The topological polar surface area (TPSA) is 84.7 Å². The molecule has 7 heteroatoms. The van der Waals surface area contributed by atoms with Crippen molar-refractivity contribution >= 4 is 23.5 Å². The van der Waals surface area contributed by atoms with Crippen LogP contribution >= 0.6 is 0 Å². The van der Waals surface area contributed by atoms with Crippen molar-refractivity contribution in [2.75, 3.05) is 17.3 Å². The molecule has 0 aliphatic heterocycles. The quantitative estimate of drug-likeness (QED) is 0.194. The Labute approximate surface area is 187 Å². The van der Waals surface area contributed by atoms with Crippen LogP contribution in [0, 0.1) is 17.0 Å². The number of aryl methyl sites for hydroxylation is 2. The van der Waals surface area contributed by atoms with E-state index in [0.29, 0.717) is 23.4 Å². The minimum absolute atomic E-state index is 0.105. The van der Waals surface area contributed by atoms with E-state index in [1.165, 1.54) is 24.1 Å². The Hall–Kier alpha value is -3.87. The number of rotatable bonds is 10. The molecule has 166 valence electrons. The van der Waals surface area contributed by atoms with Gasteiger partial charge in [-0.25, -0.2) is 0 Å². The van der Waals surface area contributed by atoms with Crippen LogP contribution < -0.4 is 15.0 Å². The summed E-state index contributed by atoms with van der Waals surface area (Å²) in [5.41, 5.74) is 3.73. The molecule has 3 aromatic rings. The average molecular weight is 434 g/mol. The van der Waals surface area contributed by atoms with Gasteiger partial charge in [-0.1, -0.05) is 43.7 Å². The predicted molar refractivity (Wildman–Crippen MR) is 126 cm³/mol. The number of para-hydroxylation sites is 1. The Morgan fingerprint density at radius 2 is 1.84 bits per heavy atom. The fourth-order valence-electron chi connectivity index (χ4n) is 3.62. The Bertz CT molecular complexity index is 1080. The minimum Gasteiger partial charge on any atom is -0.497 e. The second kappa shape index (κ2) is 10.4. The van der Waals surface area contributed by atoms with Crippen LogP contribution in [0.25, 0.3) is 0 Å². The van der Waals surface area contributed by atoms with Gasteiger partial charge in [-0.3, -0.25) is 19.8 Å². The summed E-state index contributed by atoms with van der Waals surface area (Å²) in [6.45, 7) is 4.04. The number of carbonyl (C=O) groups is 1. The lowest BCUT2D eigenvalue weighted by molar-refractivity contribution is -0.385. The second-order valence-electron chi connectivity index (χ2n) is 7.47. The third-order valence-electron chi connectivity index (χ3n) is 5.33. The molecule has 0 radical (unpaired) electrons. The summed E-state index contributed by atoms with van der Waals surface area (Å²) >= 11 is 0. The number of hydrogen-bond donors (Lipinski definition) is 1. The van der Waals surface area contributed by atoms with E-state index in [-0.39, 0.29) is 5.69 Å². The second-order valence-corrected chi connectivity index (χ2v) is 7.47. The maximum Gasteiger partial charge on any atom is 0.276 e. The number of nitrogens with one attached hydrogen (secondary N) is 1. The molecule has 1 atom stereocenters. The zero-order valence-corrected chi connectivity index (χ0v) is 18.4. The molecule has 0 saturated heterocycles. The standard InChI is InChI=1S/C25H27N3O4/c1-4-7-19-10-12-20(13-11-19)27(17-29)25(26-23-9-6-5-8-18(23)2)22-16-21(32-3)14-15-24(22)28(30)31/h5-6,8-17,25-26H,4,7H2,1-3H3. The molecule has 0 aliphatic carbocycles. The van der Waals surface area contributed by atoms with Crippen molar-refractivity contribution in [3.05, 3.63) is 93.5 Å². The highest BCUT2D eigenvalue weighted by molar-refractivity contribution is 5.78. The first kappa shape index (κ1) is 22.8. The van der Waals surface area contributed by atoms with Gasteiger partial charge in [-0.15, -0.1) is 0 Å². The number of nitro groups is 1. The van der Waals surface area contributed by atoms with Crippen molar-refractivity contribution in [2.45, 2.75) is 32.9 Å². The fraction of sp³-hybridized carbons (Fsp3) is 0.240. The maximum atomic E-state index is 12.3. The molecule has 0 fully saturated rings. The summed E-state index contributed by atoms with van der Waals surface area (Å²) in [6, 6.07) is 19.8. The van der Waals surface area contributed by atoms with Crippen LogP contribution in [0.2, 0.25) is 0 Å². The average Bonchev–Trinajstić information content (AvgIpc) is 2.81. The number of methoxy groups -OCH3 is 1. The van der Waals surface area contributed by atoms with Crippen molar-refractivity contribution < 1.29 is 14.5 Å². The first-order valence-electron chi connectivity index (χ1n) is 10.5. The molecule has 3 rings (SSSR count). The molecule has 1 amide bonds. The van der Waals surface area contributed by atoms with Crippen LogP contribution in [-0.2, 0) is 11.2 Å². The van der Waals surface area contributed by atoms with Crippen molar-refractivity contribution in [1.82, 2.24) is 0 Å². The van der Waals surface area contributed by atoms with Crippen molar-refractivity contribution in [1.29, 1.82) is 0 Å². The Morgan fingerprint density at radius 3 is 2.44 bits per heavy atom. The van der Waals surface area contributed by atoms with Crippen LogP contribution in [0.4, 0.5) is 17.1 Å². The van der Waals surface area contributed by atoms with E-state index in [4.69, 9.17) is 4.74 Å². The SMILES string of the molecule is CCCc1ccc(N(C=O)C(Nc2ccccc2C)c2cc(OC)ccc2[N+](=O)[O-])cc1. The lowest BCUT2D eigenvalue weighted by atomic mass is 10.1.